The molecule has 3 aromatic heterocycles. The third kappa shape index (κ3) is 4.55. The van der Waals surface area contributed by atoms with Crippen LogP contribution in [0, 0.1) is 5.92 Å². The van der Waals surface area contributed by atoms with E-state index in [1.54, 1.807) is 29.1 Å². The number of imidazole rings is 1. The second-order valence-corrected chi connectivity index (χ2v) is 12.0. The Labute approximate surface area is 234 Å². The van der Waals surface area contributed by atoms with Gasteiger partial charge in [-0.1, -0.05) is 19.1 Å². The maximum Gasteiger partial charge on any atom is 0.418 e. The van der Waals surface area contributed by atoms with E-state index in [0.29, 0.717) is 42.4 Å². The van der Waals surface area contributed by atoms with Crippen molar-refractivity contribution in [1.82, 2.24) is 28.6 Å². The molecule has 4 aromatic rings. The standard InChI is InChI=1S/C28H31F3N6O2S/c1-17-12-35(7-6-24(17)40)13-18-8-22(28(29,30)31)23-15-36(26(39)37(23)14-18)20-5-3-4-19(9-20)27(10-21(38)11-27)25-33-32-16-34(25)2/h3-5,8-9,14-17,21,24,38,40H,6-7,10-13H2,1-2H3/t17-,21?,24?,27?/m1/s1. The number of fused-ring (bicyclic) bond motifs is 1. The minimum atomic E-state index is -4.63. The van der Waals surface area contributed by atoms with Crippen molar-refractivity contribution in [2.24, 2.45) is 13.0 Å². The van der Waals surface area contributed by atoms with E-state index < -0.39 is 28.9 Å². The Morgan fingerprint density at radius 1 is 1.20 bits per heavy atom. The summed E-state index contributed by atoms with van der Waals surface area (Å²) in [6.07, 6.45) is 0.952. The number of hydrogen-bond acceptors (Lipinski definition) is 6. The fourth-order valence-electron chi connectivity index (χ4n) is 6.33. The number of pyridine rings is 1. The first-order valence-electron chi connectivity index (χ1n) is 13.3. The van der Waals surface area contributed by atoms with Gasteiger partial charge >= 0.3 is 11.9 Å². The number of aliphatic hydroxyl groups is 1. The average molecular weight is 573 g/mol. The summed E-state index contributed by atoms with van der Waals surface area (Å²) in [5.74, 6) is 1.00. The Bertz CT molecular complexity index is 1620. The molecule has 2 atom stereocenters. The Hall–Kier alpha value is -3.09. The summed E-state index contributed by atoms with van der Waals surface area (Å²) in [5.41, 5.74) is -0.541. The number of aryl methyl sites for hydroxylation is 1. The number of thiol groups is 1. The zero-order chi connectivity index (χ0) is 28.4. The molecule has 1 saturated heterocycles. The predicted molar refractivity (Wildman–Crippen MR) is 147 cm³/mol. The third-order valence-electron chi connectivity index (χ3n) is 8.46. The van der Waals surface area contributed by atoms with Gasteiger partial charge in [-0.2, -0.15) is 25.8 Å². The lowest BCUT2D eigenvalue weighted by Crippen LogP contribution is -2.47. The second-order valence-electron chi connectivity index (χ2n) is 11.3. The molecule has 212 valence electrons. The predicted octanol–water partition coefficient (Wildman–Crippen LogP) is 3.82. The van der Waals surface area contributed by atoms with Crippen molar-refractivity contribution in [3.8, 4) is 5.69 Å². The minimum Gasteiger partial charge on any atom is -0.393 e. The molecule has 12 heteroatoms. The molecule has 1 saturated carbocycles. The summed E-state index contributed by atoms with van der Waals surface area (Å²) in [6.45, 7) is 3.88. The summed E-state index contributed by atoms with van der Waals surface area (Å²) in [7, 11) is 1.83. The van der Waals surface area contributed by atoms with Gasteiger partial charge in [-0.15, -0.1) is 10.2 Å². The number of halogens is 3. The molecule has 1 unspecified atom stereocenters. The number of alkyl halides is 3. The molecule has 0 amide bonds. The van der Waals surface area contributed by atoms with Gasteiger partial charge in [0, 0.05) is 37.8 Å². The fraction of sp³-hybridized carbons (Fsp3) is 0.464. The first-order chi connectivity index (χ1) is 19.0. The number of hydrogen-bond donors (Lipinski definition) is 2. The lowest BCUT2D eigenvalue weighted by molar-refractivity contribution is -0.136. The number of aliphatic hydroxyl groups excluding tert-OH is 1. The molecule has 2 aliphatic rings. The number of benzene rings is 1. The quantitative estimate of drug-likeness (QED) is 0.356. The van der Waals surface area contributed by atoms with Crippen LogP contribution in [-0.2, 0) is 25.2 Å². The lowest BCUT2D eigenvalue weighted by atomic mass is 9.62. The van der Waals surface area contributed by atoms with Crippen LogP contribution >= 0.6 is 12.6 Å². The minimum absolute atomic E-state index is 0.198. The third-order valence-corrected chi connectivity index (χ3v) is 9.23. The molecular weight excluding hydrogens is 541 g/mol. The highest BCUT2D eigenvalue weighted by Gasteiger charge is 2.49. The van der Waals surface area contributed by atoms with Gasteiger partial charge in [0.1, 0.15) is 12.2 Å². The Morgan fingerprint density at radius 2 is 1.98 bits per heavy atom. The Kier molecular flexibility index (Phi) is 6.62. The molecule has 2 fully saturated rings. The molecule has 6 rings (SSSR count). The molecule has 0 spiro atoms. The van der Waals surface area contributed by atoms with Crippen molar-refractivity contribution >= 4 is 18.1 Å². The van der Waals surface area contributed by atoms with Crippen molar-refractivity contribution in [3.05, 3.63) is 82.1 Å². The van der Waals surface area contributed by atoms with Crippen molar-refractivity contribution in [1.29, 1.82) is 0 Å². The van der Waals surface area contributed by atoms with E-state index in [1.165, 1.54) is 17.0 Å². The first kappa shape index (κ1) is 27.1. The number of aromatic nitrogens is 5. The van der Waals surface area contributed by atoms with Gasteiger partial charge in [0.25, 0.3) is 0 Å². The van der Waals surface area contributed by atoms with Crippen LogP contribution in [-0.4, -0.2) is 58.2 Å². The van der Waals surface area contributed by atoms with Gasteiger partial charge in [0.2, 0.25) is 0 Å². The van der Waals surface area contributed by atoms with Crippen LogP contribution in [0.15, 0.2) is 53.8 Å². The van der Waals surface area contributed by atoms with E-state index in [0.717, 1.165) is 35.5 Å². The highest BCUT2D eigenvalue weighted by atomic mass is 32.1. The van der Waals surface area contributed by atoms with Crippen LogP contribution in [0.5, 0.6) is 0 Å². The van der Waals surface area contributed by atoms with Gasteiger partial charge in [-0.3, -0.25) is 13.9 Å². The molecule has 4 heterocycles. The van der Waals surface area contributed by atoms with Crippen molar-refractivity contribution in [3.63, 3.8) is 0 Å². The highest BCUT2D eigenvalue weighted by Crippen LogP contribution is 2.48. The number of piperidine rings is 1. The van der Waals surface area contributed by atoms with Crippen molar-refractivity contribution in [2.75, 3.05) is 13.1 Å². The monoisotopic (exact) mass is 572 g/mol. The maximum atomic E-state index is 14.3. The maximum absolute atomic E-state index is 14.3. The van der Waals surface area contributed by atoms with Crippen LogP contribution in [0.25, 0.3) is 11.2 Å². The van der Waals surface area contributed by atoms with Crippen molar-refractivity contribution in [2.45, 2.75) is 55.7 Å². The van der Waals surface area contributed by atoms with Gasteiger partial charge in [0.05, 0.1) is 28.3 Å². The molecule has 1 aliphatic heterocycles. The smallest absolute Gasteiger partial charge is 0.393 e. The molecule has 0 bridgehead atoms. The van der Waals surface area contributed by atoms with Crippen LogP contribution in [0.3, 0.4) is 0 Å². The largest absolute Gasteiger partial charge is 0.418 e. The van der Waals surface area contributed by atoms with Crippen LogP contribution in [0.1, 0.15) is 48.7 Å². The van der Waals surface area contributed by atoms with E-state index in [-0.39, 0.29) is 10.8 Å². The topological polar surface area (TPSA) is 80.6 Å². The Morgan fingerprint density at radius 3 is 2.62 bits per heavy atom. The molecule has 1 N–H and O–H groups in total. The van der Waals surface area contributed by atoms with E-state index in [2.05, 4.69) is 34.6 Å². The zero-order valence-corrected chi connectivity index (χ0v) is 23.1. The SMILES string of the molecule is C[C@@H]1CN(Cc2cc(C(F)(F)F)c3cn(-c4cccc(C5(c6nncn6C)CC(O)C5)c4)c(=O)n3c2)CCC1S. The molecule has 40 heavy (non-hydrogen) atoms. The van der Waals surface area contributed by atoms with Gasteiger partial charge in [0.15, 0.2) is 0 Å². The van der Waals surface area contributed by atoms with Crippen LogP contribution in [0.4, 0.5) is 13.2 Å². The first-order valence-corrected chi connectivity index (χ1v) is 13.9. The van der Waals surface area contributed by atoms with Crippen molar-refractivity contribution < 1.29 is 18.3 Å². The molecule has 1 aromatic carbocycles. The van der Waals surface area contributed by atoms with E-state index in [4.69, 9.17) is 0 Å². The van der Waals surface area contributed by atoms with Gasteiger partial charge in [-0.25, -0.2) is 4.79 Å². The lowest BCUT2D eigenvalue weighted by Gasteiger charge is -2.44. The number of likely N-dealkylation sites (tertiary alicyclic amines) is 1. The summed E-state index contributed by atoms with van der Waals surface area (Å²) in [4.78, 5) is 15.7. The highest BCUT2D eigenvalue weighted by molar-refractivity contribution is 7.81. The summed E-state index contributed by atoms with van der Waals surface area (Å²) in [6, 6.07) is 8.30. The number of nitrogens with zero attached hydrogens (tertiary/aromatic N) is 6. The summed E-state index contributed by atoms with van der Waals surface area (Å²) in [5, 5.41) is 18.7. The van der Waals surface area contributed by atoms with Crippen LogP contribution < -0.4 is 5.69 Å². The average Bonchev–Trinajstić information content (AvgIpc) is 3.46. The van der Waals surface area contributed by atoms with Gasteiger partial charge in [-0.05, 0) is 61.1 Å². The normalized spacial score (nSPS) is 25.8. The summed E-state index contributed by atoms with van der Waals surface area (Å²) < 4.78 is 46.9. The molecule has 1 aliphatic carbocycles. The molecular formula is C28H31F3N6O2S. The van der Waals surface area contributed by atoms with Gasteiger partial charge < -0.3 is 9.67 Å². The molecule has 8 nitrogen and oxygen atoms in total. The fourth-order valence-corrected chi connectivity index (χ4v) is 6.54. The van der Waals surface area contributed by atoms with E-state index in [9.17, 15) is 23.1 Å². The Balaban J connectivity index is 1.42. The van der Waals surface area contributed by atoms with E-state index >= 15 is 0 Å². The molecule has 0 radical (unpaired) electrons. The number of rotatable bonds is 5. The van der Waals surface area contributed by atoms with E-state index in [1.807, 2.05) is 13.1 Å². The second kappa shape index (κ2) is 9.78. The summed E-state index contributed by atoms with van der Waals surface area (Å²) >= 11 is 4.59. The zero-order valence-electron chi connectivity index (χ0n) is 22.2. The van der Waals surface area contributed by atoms with Crippen LogP contribution in [0.2, 0.25) is 0 Å².